The summed E-state index contributed by atoms with van der Waals surface area (Å²) in [6.07, 6.45) is 0. The van der Waals surface area contributed by atoms with E-state index in [9.17, 15) is 14.0 Å². The Hall–Kier alpha value is -2.77. The molecule has 2 amide bonds. The van der Waals surface area contributed by atoms with Crippen molar-refractivity contribution < 1.29 is 18.7 Å². The maximum absolute atomic E-state index is 12.9. The molecule has 1 unspecified atom stereocenters. The largest absolute Gasteiger partial charge is 0.378 e. The molecule has 0 radical (unpaired) electrons. The van der Waals surface area contributed by atoms with E-state index in [2.05, 4.69) is 16.0 Å². The number of hydrogen-bond donors (Lipinski definition) is 3. The second-order valence-corrected chi connectivity index (χ2v) is 5.96. The standard InChI is InChI=1S/C19H20FN3O3/c20-15-6-4-14(5-7-15)18(24)23-16-3-1-2-13(10-16)11-22-19(25)17-12-26-9-8-21-17/h1-7,10,17,21H,8-9,11-12H2,(H,22,25)(H,23,24). The third-order valence-corrected chi connectivity index (χ3v) is 4.00. The van der Waals surface area contributed by atoms with Crippen LogP contribution >= 0.6 is 0 Å². The molecule has 6 nitrogen and oxygen atoms in total. The first-order valence-corrected chi connectivity index (χ1v) is 8.36. The summed E-state index contributed by atoms with van der Waals surface area (Å²) in [5.74, 6) is -0.836. The van der Waals surface area contributed by atoms with Gasteiger partial charge in [0, 0.05) is 24.3 Å². The summed E-state index contributed by atoms with van der Waals surface area (Å²) in [4.78, 5) is 24.3. The predicted octanol–water partition coefficient (Wildman–Crippen LogP) is 1.68. The quantitative estimate of drug-likeness (QED) is 0.761. The first kappa shape index (κ1) is 18.0. The van der Waals surface area contributed by atoms with Crippen LogP contribution in [-0.4, -0.2) is 37.6 Å². The van der Waals surface area contributed by atoms with Gasteiger partial charge in [-0.3, -0.25) is 9.59 Å². The van der Waals surface area contributed by atoms with Crippen LogP contribution in [0.3, 0.4) is 0 Å². The molecular formula is C19H20FN3O3. The Morgan fingerprint density at radius 1 is 1.19 bits per heavy atom. The summed E-state index contributed by atoms with van der Waals surface area (Å²) in [6, 6.07) is 12.2. The maximum Gasteiger partial charge on any atom is 0.255 e. The van der Waals surface area contributed by atoms with Gasteiger partial charge in [-0.15, -0.1) is 0 Å². The Bertz CT molecular complexity index is 774. The maximum atomic E-state index is 12.9. The minimum atomic E-state index is -0.392. The lowest BCUT2D eigenvalue weighted by atomic mass is 10.1. The molecule has 1 fully saturated rings. The van der Waals surface area contributed by atoms with Gasteiger partial charge < -0.3 is 20.7 Å². The molecule has 2 aromatic rings. The molecule has 0 aliphatic carbocycles. The molecule has 0 saturated carbocycles. The number of amides is 2. The van der Waals surface area contributed by atoms with Crippen LogP contribution in [0.5, 0.6) is 0 Å². The average Bonchev–Trinajstić information content (AvgIpc) is 2.67. The lowest BCUT2D eigenvalue weighted by molar-refractivity contribution is -0.126. The number of morpholine rings is 1. The van der Waals surface area contributed by atoms with Crippen molar-refractivity contribution >= 4 is 17.5 Å². The zero-order valence-corrected chi connectivity index (χ0v) is 14.1. The molecule has 1 heterocycles. The van der Waals surface area contributed by atoms with Crippen LogP contribution in [0.1, 0.15) is 15.9 Å². The van der Waals surface area contributed by atoms with Crippen LogP contribution in [-0.2, 0) is 16.1 Å². The molecule has 1 saturated heterocycles. The highest BCUT2D eigenvalue weighted by atomic mass is 19.1. The van der Waals surface area contributed by atoms with Crippen LogP contribution in [0.4, 0.5) is 10.1 Å². The number of carbonyl (C=O) groups excluding carboxylic acids is 2. The smallest absolute Gasteiger partial charge is 0.255 e. The van der Waals surface area contributed by atoms with Crippen LogP contribution in [0, 0.1) is 5.82 Å². The van der Waals surface area contributed by atoms with Gasteiger partial charge >= 0.3 is 0 Å². The number of hydrogen-bond acceptors (Lipinski definition) is 4. The first-order valence-electron chi connectivity index (χ1n) is 8.36. The van der Waals surface area contributed by atoms with E-state index in [0.29, 0.717) is 37.6 Å². The highest BCUT2D eigenvalue weighted by molar-refractivity contribution is 6.04. The van der Waals surface area contributed by atoms with Gasteiger partial charge in [0.1, 0.15) is 11.9 Å². The topological polar surface area (TPSA) is 79.5 Å². The van der Waals surface area contributed by atoms with Crippen LogP contribution in [0.2, 0.25) is 0 Å². The monoisotopic (exact) mass is 357 g/mol. The van der Waals surface area contributed by atoms with E-state index in [1.165, 1.54) is 24.3 Å². The summed E-state index contributed by atoms with van der Waals surface area (Å²) in [7, 11) is 0. The minimum Gasteiger partial charge on any atom is -0.378 e. The predicted molar refractivity (Wildman–Crippen MR) is 95.3 cm³/mol. The van der Waals surface area contributed by atoms with Gasteiger partial charge in [0.05, 0.1) is 13.2 Å². The molecule has 0 bridgehead atoms. The normalized spacial score (nSPS) is 16.7. The lowest BCUT2D eigenvalue weighted by Gasteiger charge is -2.22. The summed E-state index contributed by atoms with van der Waals surface area (Å²) in [6.45, 7) is 1.97. The van der Waals surface area contributed by atoms with Crippen molar-refractivity contribution in [2.45, 2.75) is 12.6 Å². The number of carbonyl (C=O) groups is 2. The fourth-order valence-corrected chi connectivity index (χ4v) is 2.61. The molecule has 26 heavy (non-hydrogen) atoms. The number of rotatable bonds is 5. The SMILES string of the molecule is O=C(Nc1cccc(CNC(=O)C2COCCN2)c1)c1ccc(F)cc1. The molecule has 1 atom stereocenters. The van der Waals surface area contributed by atoms with E-state index >= 15 is 0 Å². The van der Waals surface area contributed by atoms with E-state index < -0.39 is 5.82 Å². The molecular weight excluding hydrogens is 337 g/mol. The molecule has 0 spiro atoms. The van der Waals surface area contributed by atoms with Gasteiger partial charge in [-0.1, -0.05) is 12.1 Å². The van der Waals surface area contributed by atoms with Crippen molar-refractivity contribution in [1.29, 1.82) is 0 Å². The Balaban J connectivity index is 1.56. The number of ether oxygens (including phenoxy) is 1. The number of anilines is 1. The molecule has 3 rings (SSSR count). The summed E-state index contributed by atoms with van der Waals surface area (Å²) < 4.78 is 18.2. The van der Waals surface area contributed by atoms with Gasteiger partial charge in [-0.25, -0.2) is 4.39 Å². The van der Waals surface area contributed by atoms with E-state index in [0.717, 1.165) is 5.56 Å². The Kier molecular flexibility index (Phi) is 5.93. The van der Waals surface area contributed by atoms with Crippen molar-refractivity contribution in [1.82, 2.24) is 10.6 Å². The van der Waals surface area contributed by atoms with Crippen molar-refractivity contribution in [3.8, 4) is 0 Å². The summed E-state index contributed by atoms with van der Waals surface area (Å²) >= 11 is 0. The summed E-state index contributed by atoms with van der Waals surface area (Å²) in [5.41, 5.74) is 1.82. The minimum absolute atomic E-state index is 0.120. The molecule has 2 aromatic carbocycles. The van der Waals surface area contributed by atoms with Crippen LogP contribution < -0.4 is 16.0 Å². The third kappa shape index (κ3) is 4.87. The highest BCUT2D eigenvalue weighted by Gasteiger charge is 2.20. The van der Waals surface area contributed by atoms with Gasteiger partial charge in [0.2, 0.25) is 5.91 Å². The zero-order valence-electron chi connectivity index (χ0n) is 14.1. The first-order chi connectivity index (χ1) is 12.6. The van der Waals surface area contributed by atoms with Crippen molar-refractivity contribution in [3.63, 3.8) is 0 Å². The average molecular weight is 357 g/mol. The zero-order chi connectivity index (χ0) is 18.4. The van der Waals surface area contributed by atoms with E-state index in [1.54, 1.807) is 18.2 Å². The molecule has 7 heteroatoms. The molecule has 0 aromatic heterocycles. The van der Waals surface area contributed by atoms with Gasteiger partial charge in [0.25, 0.3) is 5.91 Å². The Morgan fingerprint density at radius 3 is 2.73 bits per heavy atom. The van der Waals surface area contributed by atoms with E-state index in [-0.39, 0.29) is 17.9 Å². The van der Waals surface area contributed by atoms with E-state index in [4.69, 9.17) is 4.74 Å². The molecule has 1 aliphatic heterocycles. The van der Waals surface area contributed by atoms with Gasteiger partial charge in [0.15, 0.2) is 0 Å². The van der Waals surface area contributed by atoms with Crippen LogP contribution in [0.15, 0.2) is 48.5 Å². The van der Waals surface area contributed by atoms with Gasteiger partial charge in [-0.05, 0) is 42.0 Å². The second-order valence-electron chi connectivity index (χ2n) is 5.96. The van der Waals surface area contributed by atoms with Crippen LogP contribution in [0.25, 0.3) is 0 Å². The fraction of sp³-hybridized carbons (Fsp3) is 0.263. The van der Waals surface area contributed by atoms with E-state index in [1.807, 2.05) is 6.07 Å². The number of nitrogens with one attached hydrogen (secondary N) is 3. The summed E-state index contributed by atoms with van der Waals surface area (Å²) in [5, 5.41) is 8.71. The number of halogens is 1. The molecule has 1 aliphatic rings. The van der Waals surface area contributed by atoms with Crippen molar-refractivity contribution in [3.05, 3.63) is 65.5 Å². The molecule has 3 N–H and O–H groups in total. The van der Waals surface area contributed by atoms with Gasteiger partial charge in [-0.2, -0.15) is 0 Å². The van der Waals surface area contributed by atoms with Crippen molar-refractivity contribution in [2.75, 3.05) is 25.1 Å². The lowest BCUT2D eigenvalue weighted by Crippen LogP contribution is -2.51. The second kappa shape index (κ2) is 8.55. The molecule has 136 valence electrons. The Morgan fingerprint density at radius 2 is 2.00 bits per heavy atom. The third-order valence-electron chi connectivity index (χ3n) is 4.00. The highest BCUT2D eigenvalue weighted by Crippen LogP contribution is 2.13. The Labute approximate surface area is 150 Å². The number of benzene rings is 2. The fourth-order valence-electron chi connectivity index (χ4n) is 2.61. The van der Waals surface area contributed by atoms with Crippen molar-refractivity contribution in [2.24, 2.45) is 0 Å².